The largest absolute Gasteiger partial charge is 0.492 e. The summed E-state index contributed by atoms with van der Waals surface area (Å²) >= 11 is 0. The van der Waals surface area contributed by atoms with Crippen LogP contribution in [0.2, 0.25) is 0 Å². The molecule has 29 heavy (non-hydrogen) atoms. The van der Waals surface area contributed by atoms with Gasteiger partial charge in [-0.2, -0.15) is 0 Å². The summed E-state index contributed by atoms with van der Waals surface area (Å²) in [7, 11) is 1.79. The number of halogens is 1. The van der Waals surface area contributed by atoms with Crippen LogP contribution in [0, 0.1) is 12.8 Å². The van der Waals surface area contributed by atoms with Gasteiger partial charge < -0.3 is 20.1 Å². The van der Waals surface area contributed by atoms with Gasteiger partial charge in [0, 0.05) is 26.1 Å². The highest BCUT2D eigenvalue weighted by atomic mass is 127. The fourth-order valence-electron chi connectivity index (χ4n) is 3.48. The molecule has 5 nitrogen and oxygen atoms in total. The van der Waals surface area contributed by atoms with Crippen LogP contribution in [-0.2, 0) is 4.74 Å². The van der Waals surface area contributed by atoms with Gasteiger partial charge in [-0.25, -0.2) is 0 Å². The first-order valence-electron chi connectivity index (χ1n) is 10.1. The third kappa shape index (κ3) is 7.51. The van der Waals surface area contributed by atoms with Crippen LogP contribution in [0.15, 0.2) is 59.6 Å². The lowest BCUT2D eigenvalue weighted by atomic mass is 9.89. The molecule has 1 aliphatic heterocycles. The zero-order valence-electron chi connectivity index (χ0n) is 17.3. The van der Waals surface area contributed by atoms with Gasteiger partial charge in [-0.1, -0.05) is 48.0 Å². The smallest absolute Gasteiger partial charge is 0.191 e. The molecular formula is C23H32IN3O2. The number of hydrogen-bond acceptors (Lipinski definition) is 3. The molecule has 0 bridgehead atoms. The maximum atomic E-state index is 6.08. The topological polar surface area (TPSA) is 54.9 Å². The van der Waals surface area contributed by atoms with Crippen molar-refractivity contribution in [3.8, 4) is 5.75 Å². The van der Waals surface area contributed by atoms with Gasteiger partial charge in [0.15, 0.2) is 5.96 Å². The molecule has 3 rings (SSSR count). The first-order chi connectivity index (χ1) is 13.8. The first kappa shape index (κ1) is 23.5. The summed E-state index contributed by atoms with van der Waals surface area (Å²) in [5.74, 6) is 2.11. The van der Waals surface area contributed by atoms with Crippen LogP contribution in [-0.4, -0.2) is 39.3 Å². The molecule has 0 aliphatic carbocycles. The molecule has 2 aromatic carbocycles. The number of ether oxygens (including phenoxy) is 2. The molecule has 2 unspecified atom stereocenters. The molecule has 0 radical (unpaired) electrons. The molecule has 158 valence electrons. The Morgan fingerprint density at radius 3 is 2.59 bits per heavy atom. The second-order valence-corrected chi connectivity index (χ2v) is 7.15. The minimum Gasteiger partial charge on any atom is -0.492 e. The summed E-state index contributed by atoms with van der Waals surface area (Å²) < 4.78 is 11.8. The highest BCUT2D eigenvalue weighted by molar-refractivity contribution is 14.0. The summed E-state index contributed by atoms with van der Waals surface area (Å²) in [5, 5.41) is 6.77. The average Bonchev–Trinajstić information content (AvgIpc) is 2.75. The van der Waals surface area contributed by atoms with Crippen LogP contribution in [0.4, 0.5) is 0 Å². The number of guanidine groups is 1. The molecule has 1 heterocycles. The van der Waals surface area contributed by atoms with Crippen molar-refractivity contribution in [3.63, 3.8) is 0 Å². The Labute approximate surface area is 191 Å². The number of benzene rings is 2. The number of nitrogens with zero attached hydrogens (tertiary/aromatic N) is 1. The van der Waals surface area contributed by atoms with Crippen molar-refractivity contribution in [1.82, 2.24) is 10.6 Å². The fraction of sp³-hybridized carbons (Fsp3) is 0.435. The highest BCUT2D eigenvalue weighted by Gasteiger charge is 2.27. The Bertz CT molecular complexity index is 738. The predicted molar refractivity (Wildman–Crippen MR) is 129 cm³/mol. The van der Waals surface area contributed by atoms with Crippen LogP contribution >= 0.6 is 24.0 Å². The number of rotatable bonds is 7. The summed E-state index contributed by atoms with van der Waals surface area (Å²) in [4.78, 5) is 4.32. The van der Waals surface area contributed by atoms with E-state index in [1.165, 1.54) is 11.1 Å². The third-order valence-corrected chi connectivity index (χ3v) is 5.01. The Hall–Kier alpha value is -1.80. The molecule has 0 amide bonds. The lowest BCUT2D eigenvalue weighted by molar-refractivity contribution is -0.0265. The van der Waals surface area contributed by atoms with Crippen molar-refractivity contribution >= 4 is 29.9 Å². The Morgan fingerprint density at radius 2 is 1.86 bits per heavy atom. The molecule has 1 fully saturated rings. The maximum Gasteiger partial charge on any atom is 0.191 e. The van der Waals surface area contributed by atoms with Crippen LogP contribution in [0.25, 0.3) is 0 Å². The van der Waals surface area contributed by atoms with Gasteiger partial charge in [-0.3, -0.25) is 4.99 Å². The Kier molecular flexibility index (Phi) is 10.3. The van der Waals surface area contributed by atoms with Gasteiger partial charge >= 0.3 is 0 Å². The minimum absolute atomic E-state index is 0. The monoisotopic (exact) mass is 509 g/mol. The lowest BCUT2D eigenvalue weighted by Gasteiger charge is -2.32. The molecule has 0 saturated carbocycles. The van der Waals surface area contributed by atoms with E-state index in [0.29, 0.717) is 19.1 Å². The summed E-state index contributed by atoms with van der Waals surface area (Å²) in [6.45, 7) is 5.01. The quantitative estimate of drug-likeness (QED) is 0.253. The minimum atomic E-state index is 0. The molecule has 1 aliphatic rings. The van der Waals surface area contributed by atoms with E-state index in [9.17, 15) is 0 Å². The van der Waals surface area contributed by atoms with E-state index in [4.69, 9.17) is 9.47 Å². The van der Waals surface area contributed by atoms with Crippen molar-refractivity contribution in [1.29, 1.82) is 0 Å². The fourth-order valence-corrected chi connectivity index (χ4v) is 3.48. The molecule has 1 saturated heterocycles. The number of hydrogen-bond donors (Lipinski definition) is 2. The van der Waals surface area contributed by atoms with Crippen molar-refractivity contribution in [2.24, 2.45) is 10.9 Å². The van der Waals surface area contributed by atoms with Gasteiger partial charge in [-0.15, -0.1) is 24.0 Å². The van der Waals surface area contributed by atoms with E-state index in [2.05, 4.69) is 58.9 Å². The molecule has 2 aromatic rings. The average molecular weight is 509 g/mol. The zero-order chi connectivity index (χ0) is 19.6. The molecule has 0 spiro atoms. The summed E-state index contributed by atoms with van der Waals surface area (Å²) in [6.07, 6.45) is 2.40. The Morgan fingerprint density at radius 1 is 1.10 bits per heavy atom. The SMILES string of the molecule is CN=C(NCCOc1ccc(C)cc1)NCC1CCCOC1c1ccccc1.I. The number of nitrogens with one attached hydrogen (secondary N) is 2. The normalized spacial score (nSPS) is 19.2. The first-order valence-corrected chi connectivity index (χ1v) is 10.1. The lowest BCUT2D eigenvalue weighted by Crippen LogP contribution is -2.43. The zero-order valence-corrected chi connectivity index (χ0v) is 19.6. The van der Waals surface area contributed by atoms with Gasteiger partial charge in [0.1, 0.15) is 12.4 Å². The number of aliphatic imine (C=N–C) groups is 1. The third-order valence-electron chi connectivity index (χ3n) is 5.01. The maximum absolute atomic E-state index is 6.08. The molecule has 6 heteroatoms. The van der Waals surface area contributed by atoms with E-state index in [0.717, 1.165) is 37.7 Å². The van der Waals surface area contributed by atoms with Crippen LogP contribution in [0.5, 0.6) is 5.75 Å². The molecule has 0 aromatic heterocycles. The van der Waals surface area contributed by atoms with Gasteiger partial charge in [0.25, 0.3) is 0 Å². The van der Waals surface area contributed by atoms with E-state index in [1.807, 2.05) is 18.2 Å². The second kappa shape index (κ2) is 12.7. The summed E-state index contributed by atoms with van der Waals surface area (Å²) in [6, 6.07) is 18.6. The van der Waals surface area contributed by atoms with Crippen molar-refractivity contribution in [2.75, 3.05) is 33.4 Å². The van der Waals surface area contributed by atoms with Crippen LogP contribution in [0.3, 0.4) is 0 Å². The second-order valence-electron chi connectivity index (χ2n) is 7.15. The van der Waals surface area contributed by atoms with E-state index < -0.39 is 0 Å². The molecule has 2 atom stereocenters. The van der Waals surface area contributed by atoms with Gasteiger partial charge in [0.05, 0.1) is 12.6 Å². The van der Waals surface area contributed by atoms with Crippen molar-refractivity contribution in [2.45, 2.75) is 25.9 Å². The van der Waals surface area contributed by atoms with Crippen LogP contribution in [0.1, 0.15) is 30.1 Å². The van der Waals surface area contributed by atoms with Crippen LogP contribution < -0.4 is 15.4 Å². The van der Waals surface area contributed by atoms with Crippen molar-refractivity contribution < 1.29 is 9.47 Å². The highest BCUT2D eigenvalue weighted by Crippen LogP contribution is 2.32. The van der Waals surface area contributed by atoms with Gasteiger partial charge in [-0.05, 0) is 37.5 Å². The predicted octanol–water partition coefficient (Wildman–Crippen LogP) is 4.32. The van der Waals surface area contributed by atoms with E-state index >= 15 is 0 Å². The van der Waals surface area contributed by atoms with Crippen molar-refractivity contribution in [3.05, 3.63) is 65.7 Å². The molecule has 2 N–H and O–H groups in total. The van der Waals surface area contributed by atoms with E-state index in [-0.39, 0.29) is 30.1 Å². The Balaban J connectivity index is 0.00000300. The number of aryl methyl sites for hydroxylation is 1. The molecular weight excluding hydrogens is 477 g/mol. The summed E-state index contributed by atoms with van der Waals surface area (Å²) in [5.41, 5.74) is 2.49. The van der Waals surface area contributed by atoms with E-state index in [1.54, 1.807) is 7.05 Å². The standard InChI is InChI=1S/C23H31N3O2.HI/c1-18-10-12-21(13-11-18)27-16-14-25-23(24-2)26-17-20-9-6-15-28-22(20)19-7-4-3-5-8-19;/h3-5,7-8,10-13,20,22H,6,9,14-17H2,1-2H3,(H2,24,25,26);1H. The van der Waals surface area contributed by atoms with Gasteiger partial charge in [0.2, 0.25) is 0 Å².